The summed E-state index contributed by atoms with van der Waals surface area (Å²) in [5.41, 5.74) is 1.63. The van der Waals surface area contributed by atoms with E-state index in [0.29, 0.717) is 22.8 Å². The lowest BCUT2D eigenvalue weighted by Gasteiger charge is -2.12. The number of nitrogens with one attached hydrogen (secondary N) is 2. The predicted molar refractivity (Wildman–Crippen MR) is 78.4 cm³/mol. The molecule has 0 aliphatic heterocycles. The van der Waals surface area contributed by atoms with Crippen molar-refractivity contribution in [1.82, 2.24) is 10.2 Å². The topological polar surface area (TPSA) is 93.3 Å². The lowest BCUT2D eigenvalue weighted by Crippen LogP contribution is -2.15. The monoisotopic (exact) mass is 311 g/mol. The third kappa shape index (κ3) is 2.94. The second kappa shape index (κ2) is 5.65. The number of aromatic amines is 1. The largest absolute Gasteiger partial charge is 0.497 e. The maximum Gasteiger partial charge on any atom is 0.265 e. The van der Waals surface area contributed by atoms with Gasteiger partial charge >= 0.3 is 0 Å². The van der Waals surface area contributed by atoms with Crippen LogP contribution >= 0.6 is 0 Å². The first-order chi connectivity index (χ1) is 9.89. The van der Waals surface area contributed by atoms with E-state index in [1.165, 1.54) is 20.3 Å². The number of ether oxygens (including phenoxy) is 2. The fourth-order valence-corrected chi connectivity index (χ4v) is 3.25. The Bertz CT molecular complexity index is 733. The average Bonchev–Trinajstić information content (AvgIpc) is 2.78. The number of nitrogens with zero attached hydrogens (tertiary/aromatic N) is 1. The normalized spacial score (nSPS) is 11.2. The van der Waals surface area contributed by atoms with Crippen LogP contribution in [0, 0.1) is 13.8 Å². The Labute approximate surface area is 123 Å². The van der Waals surface area contributed by atoms with E-state index in [9.17, 15) is 8.42 Å². The minimum absolute atomic E-state index is 0.00403. The average molecular weight is 311 g/mol. The Morgan fingerprint density at radius 1 is 1.19 bits per heavy atom. The minimum atomic E-state index is -3.82. The van der Waals surface area contributed by atoms with Crippen LogP contribution in [0.15, 0.2) is 23.1 Å². The molecule has 0 radical (unpaired) electrons. The summed E-state index contributed by atoms with van der Waals surface area (Å²) in [5, 5.41) is 6.69. The third-order valence-electron chi connectivity index (χ3n) is 3.02. The van der Waals surface area contributed by atoms with Gasteiger partial charge in [0.15, 0.2) is 0 Å². The molecule has 1 aromatic carbocycles. The number of anilines is 1. The van der Waals surface area contributed by atoms with Crippen molar-refractivity contribution in [2.45, 2.75) is 18.7 Å². The molecular formula is C13H17N3O4S. The maximum atomic E-state index is 12.6. The first-order valence-electron chi connectivity index (χ1n) is 6.15. The molecule has 0 spiro atoms. The van der Waals surface area contributed by atoms with Gasteiger partial charge in [0.1, 0.15) is 16.4 Å². The van der Waals surface area contributed by atoms with Crippen molar-refractivity contribution in [1.29, 1.82) is 0 Å². The fraction of sp³-hybridized carbons (Fsp3) is 0.308. The van der Waals surface area contributed by atoms with Crippen LogP contribution in [0.4, 0.5) is 5.69 Å². The highest BCUT2D eigenvalue weighted by Crippen LogP contribution is 2.30. The molecule has 0 bridgehead atoms. The fourth-order valence-electron chi connectivity index (χ4n) is 1.88. The van der Waals surface area contributed by atoms with Crippen LogP contribution in [0.5, 0.6) is 11.5 Å². The summed E-state index contributed by atoms with van der Waals surface area (Å²) < 4.78 is 37.8. The highest BCUT2D eigenvalue weighted by Gasteiger charge is 2.23. The Kier molecular flexibility index (Phi) is 4.08. The molecule has 0 aliphatic carbocycles. The SMILES string of the molecule is COc1ccc(OC)c(S(=O)(=O)Nc2c(C)n[nH]c2C)c1. The molecule has 2 N–H and O–H groups in total. The van der Waals surface area contributed by atoms with Gasteiger partial charge in [-0.1, -0.05) is 0 Å². The molecular weight excluding hydrogens is 294 g/mol. The van der Waals surface area contributed by atoms with Gasteiger partial charge in [-0.3, -0.25) is 9.82 Å². The zero-order valence-electron chi connectivity index (χ0n) is 12.2. The van der Waals surface area contributed by atoms with E-state index in [4.69, 9.17) is 9.47 Å². The first-order valence-corrected chi connectivity index (χ1v) is 7.63. The van der Waals surface area contributed by atoms with E-state index >= 15 is 0 Å². The molecule has 0 aliphatic rings. The molecule has 8 heteroatoms. The molecule has 0 amide bonds. The van der Waals surface area contributed by atoms with E-state index in [2.05, 4.69) is 14.9 Å². The van der Waals surface area contributed by atoms with Crippen molar-refractivity contribution in [3.05, 3.63) is 29.6 Å². The molecule has 0 saturated heterocycles. The van der Waals surface area contributed by atoms with Gasteiger partial charge < -0.3 is 9.47 Å². The van der Waals surface area contributed by atoms with E-state index in [-0.39, 0.29) is 10.6 Å². The summed E-state index contributed by atoms with van der Waals surface area (Å²) in [7, 11) is -0.938. The number of aryl methyl sites for hydroxylation is 2. The van der Waals surface area contributed by atoms with Gasteiger partial charge in [0.2, 0.25) is 0 Å². The second-order valence-electron chi connectivity index (χ2n) is 4.43. The van der Waals surface area contributed by atoms with Gasteiger partial charge in [-0.25, -0.2) is 8.42 Å². The molecule has 2 aromatic rings. The van der Waals surface area contributed by atoms with E-state index in [1.807, 2.05) is 0 Å². The number of benzene rings is 1. The zero-order chi connectivity index (χ0) is 15.6. The van der Waals surface area contributed by atoms with Crippen molar-refractivity contribution in [3.63, 3.8) is 0 Å². The van der Waals surface area contributed by atoms with Gasteiger partial charge in [-0.05, 0) is 26.0 Å². The number of hydrogen-bond acceptors (Lipinski definition) is 5. The van der Waals surface area contributed by atoms with E-state index < -0.39 is 10.0 Å². The smallest absolute Gasteiger partial charge is 0.265 e. The van der Waals surface area contributed by atoms with Crippen LogP contribution in [0.2, 0.25) is 0 Å². The highest BCUT2D eigenvalue weighted by molar-refractivity contribution is 7.92. The Balaban J connectivity index is 2.49. The van der Waals surface area contributed by atoms with Gasteiger partial charge in [-0.2, -0.15) is 5.10 Å². The predicted octanol–water partition coefficient (Wildman–Crippen LogP) is 1.84. The number of rotatable bonds is 5. The lowest BCUT2D eigenvalue weighted by molar-refractivity contribution is 0.392. The van der Waals surface area contributed by atoms with Crippen molar-refractivity contribution >= 4 is 15.7 Å². The Morgan fingerprint density at radius 2 is 1.90 bits per heavy atom. The quantitative estimate of drug-likeness (QED) is 0.879. The van der Waals surface area contributed by atoms with Crippen LogP contribution in [-0.4, -0.2) is 32.8 Å². The summed E-state index contributed by atoms with van der Waals surface area (Å²) >= 11 is 0. The summed E-state index contributed by atoms with van der Waals surface area (Å²) in [5.74, 6) is 0.666. The molecule has 1 aromatic heterocycles. The lowest BCUT2D eigenvalue weighted by atomic mass is 10.3. The number of aromatic nitrogens is 2. The van der Waals surface area contributed by atoms with Crippen LogP contribution in [0.3, 0.4) is 0 Å². The zero-order valence-corrected chi connectivity index (χ0v) is 13.0. The molecule has 0 fully saturated rings. The van der Waals surface area contributed by atoms with Gasteiger partial charge in [0.25, 0.3) is 10.0 Å². The maximum absolute atomic E-state index is 12.6. The molecule has 2 rings (SSSR count). The second-order valence-corrected chi connectivity index (χ2v) is 6.08. The first kappa shape index (κ1) is 15.2. The molecule has 7 nitrogen and oxygen atoms in total. The van der Waals surface area contributed by atoms with Crippen LogP contribution < -0.4 is 14.2 Å². The summed E-state index contributed by atoms with van der Waals surface area (Å²) in [4.78, 5) is 0.00403. The van der Waals surface area contributed by atoms with Gasteiger partial charge in [-0.15, -0.1) is 0 Å². The number of H-pyrrole nitrogens is 1. The number of sulfonamides is 1. The van der Waals surface area contributed by atoms with Crippen molar-refractivity contribution < 1.29 is 17.9 Å². The van der Waals surface area contributed by atoms with Crippen LogP contribution in [-0.2, 0) is 10.0 Å². The molecule has 0 saturated carbocycles. The Hall–Kier alpha value is -2.22. The summed E-state index contributed by atoms with van der Waals surface area (Å²) in [6, 6.07) is 4.58. The molecule has 21 heavy (non-hydrogen) atoms. The van der Waals surface area contributed by atoms with E-state index in [1.54, 1.807) is 26.0 Å². The summed E-state index contributed by atoms with van der Waals surface area (Å²) in [6.45, 7) is 3.45. The molecule has 114 valence electrons. The van der Waals surface area contributed by atoms with Crippen molar-refractivity contribution in [2.24, 2.45) is 0 Å². The van der Waals surface area contributed by atoms with Crippen molar-refractivity contribution in [3.8, 4) is 11.5 Å². The minimum Gasteiger partial charge on any atom is -0.497 e. The number of hydrogen-bond donors (Lipinski definition) is 2. The molecule has 1 heterocycles. The van der Waals surface area contributed by atoms with E-state index in [0.717, 1.165) is 0 Å². The van der Waals surface area contributed by atoms with Gasteiger partial charge in [0.05, 0.1) is 31.3 Å². The summed E-state index contributed by atoms with van der Waals surface area (Å²) in [6.07, 6.45) is 0. The molecule has 0 unspecified atom stereocenters. The highest BCUT2D eigenvalue weighted by atomic mass is 32.2. The standard InChI is InChI=1S/C13H17N3O4S/c1-8-13(9(2)15-14-8)16-21(17,18)12-7-10(19-3)5-6-11(12)20-4/h5-7,16H,1-4H3,(H,14,15). The molecule has 0 atom stereocenters. The van der Waals surface area contributed by atoms with Crippen molar-refractivity contribution in [2.75, 3.05) is 18.9 Å². The number of methoxy groups -OCH3 is 2. The van der Waals surface area contributed by atoms with Crippen LogP contribution in [0.1, 0.15) is 11.4 Å². The Morgan fingerprint density at radius 3 is 2.43 bits per heavy atom. The van der Waals surface area contributed by atoms with Crippen LogP contribution in [0.25, 0.3) is 0 Å². The van der Waals surface area contributed by atoms with Gasteiger partial charge in [0, 0.05) is 6.07 Å². The third-order valence-corrected chi connectivity index (χ3v) is 4.40.